The minimum absolute atomic E-state index is 0.435. The van der Waals surface area contributed by atoms with Gasteiger partial charge in [0.25, 0.3) is 5.56 Å². The molecular weight excluding hydrogens is 366 g/mol. The van der Waals surface area contributed by atoms with Crippen LogP contribution in [0, 0.1) is 13.8 Å². The van der Waals surface area contributed by atoms with Crippen molar-refractivity contribution >= 4 is 10.9 Å². The lowest BCUT2D eigenvalue weighted by molar-refractivity contribution is 0.747. The summed E-state index contributed by atoms with van der Waals surface area (Å²) in [6.07, 6.45) is 5.74. The molecule has 3 heterocycles. The first kappa shape index (κ1) is 18.9. The molecule has 0 atom stereocenters. The highest BCUT2D eigenvalue weighted by Crippen LogP contribution is 2.27. The molecule has 0 aliphatic carbocycles. The maximum Gasteiger partial charge on any atom is 0.349 e. The average molecular weight is 389 g/mol. The molecule has 148 valence electrons. The summed E-state index contributed by atoms with van der Waals surface area (Å²) in [5.41, 5.74) is 6.15. The maximum absolute atomic E-state index is 12.1. The number of aromatic nitrogens is 5. The van der Waals surface area contributed by atoms with Gasteiger partial charge in [-0.1, -0.05) is 13.8 Å². The zero-order valence-corrected chi connectivity index (χ0v) is 16.9. The van der Waals surface area contributed by atoms with Gasteiger partial charge in [-0.3, -0.25) is 14.8 Å². The van der Waals surface area contributed by atoms with E-state index in [1.54, 1.807) is 0 Å². The van der Waals surface area contributed by atoms with Crippen LogP contribution in [0.15, 0.2) is 46.4 Å². The van der Waals surface area contributed by atoms with Crippen molar-refractivity contribution in [3.05, 3.63) is 85.6 Å². The van der Waals surface area contributed by atoms with E-state index in [4.69, 9.17) is 0 Å². The fraction of sp³-hybridized carbons (Fsp3) is 0.273. The van der Waals surface area contributed by atoms with Crippen LogP contribution in [0.4, 0.5) is 0 Å². The summed E-state index contributed by atoms with van der Waals surface area (Å²) in [7, 11) is 0. The lowest BCUT2D eigenvalue weighted by Crippen LogP contribution is -2.30. The van der Waals surface area contributed by atoms with Crippen molar-refractivity contribution in [1.29, 1.82) is 0 Å². The molecule has 0 aliphatic heterocycles. The Labute approximate surface area is 167 Å². The predicted molar refractivity (Wildman–Crippen MR) is 113 cm³/mol. The van der Waals surface area contributed by atoms with Gasteiger partial charge in [0, 0.05) is 23.7 Å². The summed E-state index contributed by atoms with van der Waals surface area (Å²) >= 11 is 0. The van der Waals surface area contributed by atoms with E-state index < -0.39 is 11.2 Å². The molecule has 0 bridgehead atoms. The second kappa shape index (κ2) is 7.16. The van der Waals surface area contributed by atoms with E-state index in [2.05, 4.69) is 46.2 Å². The molecule has 0 unspecified atom stereocenters. The third-order valence-electron chi connectivity index (χ3n) is 5.27. The average Bonchev–Trinajstić information content (AvgIpc) is 3.08. The number of H-pyrrole nitrogens is 2. The number of hydrogen-bond acceptors (Lipinski definition) is 4. The van der Waals surface area contributed by atoms with Crippen molar-refractivity contribution in [2.24, 2.45) is 0 Å². The molecule has 3 aromatic heterocycles. The molecule has 29 heavy (non-hydrogen) atoms. The number of benzene rings is 1. The summed E-state index contributed by atoms with van der Waals surface area (Å²) in [4.78, 5) is 33.5. The molecule has 7 heteroatoms. The van der Waals surface area contributed by atoms with Gasteiger partial charge in [-0.15, -0.1) is 0 Å². The number of nitrogens with one attached hydrogen (secondary N) is 2. The van der Waals surface area contributed by atoms with Gasteiger partial charge < -0.3 is 4.98 Å². The van der Waals surface area contributed by atoms with Crippen LogP contribution in [0.5, 0.6) is 0 Å². The maximum atomic E-state index is 12.1. The molecule has 1 aromatic carbocycles. The minimum atomic E-state index is -0.551. The first-order chi connectivity index (χ1) is 13.8. The molecule has 0 fully saturated rings. The van der Waals surface area contributed by atoms with Crippen LogP contribution in [0.2, 0.25) is 0 Å². The highest BCUT2D eigenvalue weighted by atomic mass is 16.2. The minimum Gasteiger partial charge on any atom is -0.360 e. The number of pyridine rings is 1. The van der Waals surface area contributed by atoms with E-state index in [1.807, 2.05) is 32.2 Å². The fourth-order valence-corrected chi connectivity index (χ4v) is 3.75. The SMILES string of the molecule is Cc1cc(-n2ncc(=O)[nH]c2=O)cc(C)c1Cc1cc2c(C(C)C)c[nH]c2cn1. The van der Waals surface area contributed by atoms with Gasteiger partial charge in [0.15, 0.2) is 0 Å². The van der Waals surface area contributed by atoms with Crippen molar-refractivity contribution in [3.8, 4) is 5.69 Å². The number of aryl methyl sites for hydroxylation is 2. The van der Waals surface area contributed by atoms with Crippen LogP contribution >= 0.6 is 0 Å². The molecule has 2 N–H and O–H groups in total. The molecule has 0 amide bonds. The first-order valence-electron chi connectivity index (χ1n) is 9.58. The first-order valence-corrected chi connectivity index (χ1v) is 9.58. The molecular formula is C22H23N5O2. The van der Waals surface area contributed by atoms with Crippen LogP contribution in [0.1, 0.15) is 47.7 Å². The van der Waals surface area contributed by atoms with E-state index in [1.165, 1.54) is 21.2 Å². The standard InChI is InChI=1S/C22H23N5O2/c1-12(2)19-9-24-20-10-23-15(8-18(19)20)7-17-13(3)5-16(6-14(17)4)27-22(29)26-21(28)11-25-27/h5-6,8-12,24H,7H2,1-4H3,(H,26,28,29). The van der Waals surface area contributed by atoms with Gasteiger partial charge >= 0.3 is 5.69 Å². The third-order valence-corrected chi connectivity index (χ3v) is 5.27. The lowest BCUT2D eigenvalue weighted by Gasteiger charge is -2.13. The van der Waals surface area contributed by atoms with Crippen LogP contribution in [0.25, 0.3) is 16.6 Å². The number of nitrogens with zero attached hydrogens (tertiary/aromatic N) is 3. The van der Waals surface area contributed by atoms with Crippen LogP contribution < -0.4 is 11.2 Å². The zero-order valence-electron chi connectivity index (χ0n) is 16.9. The van der Waals surface area contributed by atoms with Crippen molar-refractivity contribution in [2.75, 3.05) is 0 Å². The molecule has 0 radical (unpaired) electrons. The Morgan fingerprint density at radius 1 is 1.07 bits per heavy atom. The Balaban J connectivity index is 1.73. The second-order valence-corrected chi connectivity index (χ2v) is 7.71. The third kappa shape index (κ3) is 3.51. The number of rotatable bonds is 4. The molecule has 0 saturated heterocycles. The Morgan fingerprint density at radius 3 is 2.45 bits per heavy atom. The van der Waals surface area contributed by atoms with Crippen molar-refractivity contribution in [1.82, 2.24) is 24.7 Å². The molecule has 4 aromatic rings. The van der Waals surface area contributed by atoms with Crippen LogP contribution in [-0.4, -0.2) is 24.7 Å². The smallest absolute Gasteiger partial charge is 0.349 e. The Kier molecular flexibility index (Phi) is 4.66. The summed E-state index contributed by atoms with van der Waals surface area (Å²) in [6, 6.07) is 5.97. The number of hydrogen-bond donors (Lipinski definition) is 2. The van der Waals surface area contributed by atoms with E-state index in [0.717, 1.165) is 28.5 Å². The topological polar surface area (TPSA) is 96.4 Å². The Bertz CT molecular complexity index is 1300. The van der Waals surface area contributed by atoms with Crippen LogP contribution in [0.3, 0.4) is 0 Å². The lowest BCUT2D eigenvalue weighted by atomic mass is 9.96. The normalized spacial score (nSPS) is 11.5. The molecule has 7 nitrogen and oxygen atoms in total. The predicted octanol–water partition coefficient (Wildman–Crippen LogP) is 3.13. The van der Waals surface area contributed by atoms with Gasteiger partial charge in [-0.05, 0) is 60.2 Å². The van der Waals surface area contributed by atoms with Gasteiger partial charge in [0.05, 0.1) is 17.4 Å². The van der Waals surface area contributed by atoms with E-state index >= 15 is 0 Å². The van der Waals surface area contributed by atoms with Gasteiger partial charge in [-0.2, -0.15) is 9.78 Å². The largest absolute Gasteiger partial charge is 0.360 e. The second-order valence-electron chi connectivity index (χ2n) is 7.71. The summed E-state index contributed by atoms with van der Waals surface area (Å²) in [5, 5.41) is 5.15. The summed E-state index contributed by atoms with van der Waals surface area (Å²) in [5.74, 6) is 0.435. The summed E-state index contributed by atoms with van der Waals surface area (Å²) in [6.45, 7) is 8.39. The fourth-order valence-electron chi connectivity index (χ4n) is 3.75. The number of aromatic amines is 2. The monoisotopic (exact) mass is 389 g/mol. The highest BCUT2D eigenvalue weighted by Gasteiger charge is 2.13. The Morgan fingerprint density at radius 2 is 1.79 bits per heavy atom. The summed E-state index contributed by atoms with van der Waals surface area (Å²) < 4.78 is 1.20. The molecule has 0 saturated carbocycles. The van der Waals surface area contributed by atoms with Gasteiger partial charge in [0.2, 0.25) is 0 Å². The Hall–Kier alpha value is -3.48. The van der Waals surface area contributed by atoms with Gasteiger partial charge in [-0.25, -0.2) is 4.79 Å². The quantitative estimate of drug-likeness (QED) is 0.560. The molecule has 0 aliphatic rings. The molecule has 0 spiro atoms. The van der Waals surface area contributed by atoms with E-state index in [9.17, 15) is 9.59 Å². The van der Waals surface area contributed by atoms with E-state index in [0.29, 0.717) is 18.0 Å². The van der Waals surface area contributed by atoms with Crippen molar-refractivity contribution in [3.63, 3.8) is 0 Å². The number of fused-ring (bicyclic) bond motifs is 1. The van der Waals surface area contributed by atoms with Crippen molar-refractivity contribution in [2.45, 2.75) is 40.0 Å². The van der Waals surface area contributed by atoms with Crippen LogP contribution in [-0.2, 0) is 6.42 Å². The van der Waals surface area contributed by atoms with Crippen molar-refractivity contribution < 1.29 is 0 Å². The van der Waals surface area contributed by atoms with Gasteiger partial charge in [0.1, 0.15) is 6.20 Å². The zero-order chi connectivity index (χ0) is 20.7. The van der Waals surface area contributed by atoms with E-state index in [-0.39, 0.29) is 0 Å². The molecule has 4 rings (SSSR count). The highest BCUT2D eigenvalue weighted by molar-refractivity contribution is 5.83.